The standard InChI is InChI=1S/C13H12ClN3O3S/c1-21(19,20)17-10-5-2-4-9(8-10)16-13(18)11-6-3-7-15-12(11)14/h2-8,17H,1H3,(H,16,18). The number of carbonyl (C=O) groups excluding carboxylic acids is 1. The van der Waals surface area contributed by atoms with Crippen LogP contribution in [-0.2, 0) is 10.0 Å². The van der Waals surface area contributed by atoms with Crippen molar-refractivity contribution >= 4 is 38.9 Å². The largest absolute Gasteiger partial charge is 0.322 e. The third kappa shape index (κ3) is 4.44. The van der Waals surface area contributed by atoms with Crippen molar-refractivity contribution in [1.29, 1.82) is 0 Å². The monoisotopic (exact) mass is 325 g/mol. The number of carbonyl (C=O) groups is 1. The van der Waals surface area contributed by atoms with E-state index in [9.17, 15) is 13.2 Å². The van der Waals surface area contributed by atoms with Gasteiger partial charge in [-0.25, -0.2) is 13.4 Å². The molecule has 0 atom stereocenters. The summed E-state index contributed by atoms with van der Waals surface area (Å²) in [5, 5.41) is 2.72. The highest BCUT2D eigenvalue weighted by Gasteiger charge is 2.11. The number of nitrogens with one attached hydrogen (secondary N) is 2. The first kappa shape index (κ1) is 15.3. The maximum Gasteiger partial charge on any atom is 0.258 e. The van der Waals surface area contributed by atoms with E-state index in [2.05, 4.69) is 15.0 Å². The molecule has 0 aliphatic carbocycles. The molecule has 0 unspecified atom stereocenters. The summed E-state index contributed by atoms with van der Waals surface area (Å²) < 4.78 is 24.7. The van der Waals surface area contributed by atoms with Gasteiger partial charge in [-0.1, -0.05) is 17.7 Å². The second-order valence-corrected chi connectivity index (χ2v) is 6.36. The van der Waals surface area contributed by atoms with Gasteiger partial charge in [-0.15, -0.1) is 0 Å². The van der Waals surface area contributed by atoms with Gasteiger partial charge in [-0.3, -0.25) is 9.52 Å². The molecule has 8 heteroatoms. The molecule has 0 aliphatic rings. The minimum absolute atomic E-state index is 0.0976. The number of anilines is 2. The lowest BCUT2D eigenvalue weighted by Crippen LogP contribution is -2.14. The molecular formula is C13H12ClN3O3S. The fraction of sp³-hybridized carbons (Fsp3) is 0.0769. The summed E-state index contributed by atoms with van der Waals surface area (Å²) in [7, 11) is -3.38. The van der Waals surface area contributed by atoms with Gasteiger partial charge < -0.3 is 5.32 Å². The van der Waals surface area contributed by atoms with Crippen LogP contribution >= 0.6 is 11.6 Å². The number of hydrogen-bond acceptors (Lipinski definition) is 4. The van der Waals surface area contributed by atoms with Crippen molar-refractivity contribution in [2.45, 2.75) is 0 Å². The first-order chi connectivity index (χ1) is 9.85. The summed E-state index contributed by atoms with van der Waals surface area (Å²) in [6, 6.07) is 9.48. The van der Waals surface area contributed by atoms with Crippen LogP contribution in [0.25, 0.3) is 0 Å². The predicted octanol–water partition coefficient (Wildman–Crippen LogP) is 2.36. The van der Waals surface area contributed by atoms with Gasteiger partial charge in [-0.2, -0.15) is 0 Å². The van der Waals surface area contributed by atoms with Crippen molar-refractivity contribution in [2.24, 2.45) is 0 Å². The first-order valence-corrected chi connectivity index (χ1v) is 8.12. The van der Waals surface area contributed by atoms with Crippen LogP contribution in [0, 0.1) is 0 Å². The van der Waals surface area contributed by atoms with E-state index in [4.69, 9.17) is 11.6 Å². The lowest BCUT2D eigenvalue weighted by Gasteiger charge is -2.08. The molecule has 0 saturated carbocycles. The normalized spacial score (nSPS) is 11.0. The Morgan fingerprint density at radius 3 is 2.57 bits per heavy atom. The molecule has 0 saturated heterocycles. The molecule has 2 rings (SSSR count). The molecule has 0 spiro atoms. The number of sulfonamides is 1. The zero-order valence-corrected chi connectivity index (χ0v) is 12.6. The molecule has 0 radical (unpaired) electrons. The van der Waals surface area contributed by atoms with Crippen LogP contribution in [-0.4, -0.2) is 25.6 Å². The Bertz CT molecular complexity index is 778. The molecule has 1 aromatic carbocycles. The predicted molar refractivity (Wildman–Crippen MR) is 82.1 cm³/mol. The highest BCUT2D eigenvalue weighted by atomic mass is 35.5. The van der Waals surface area contributed by atoms with E-state index in [-0.39, 0.29) is 10.7 Å². The summed E-state index contributed by atoms with van der Waals surface area (Å²) in [6.45, 7) is 0. The number of rotatable bonds is 4. The summed E-state index contributed by atoms with van der Waals surface area (Å²) in [5.74, 6) is -0.426. The third-order valence-electron chi connectivity index (χ3n) is 2.43. The smallest absolute Gasteiger partial charge is 0.258 e. The Kier molecular flexibility index (Phi) is 4.44. The van der Waals surface area contributed by atoms with Gasteiger partial charge in [0.2, 0.25) is 10.0 Å². The van der Waals surface area contributed by atoms with Crippen LogP contribution in [0.1, 0.15) is 10.4 Å². The summed E-state index contributed by atoms with van der Waals surface area (Å²) in [5.41, 5.74) is 1.03. The molecule has 0 aliphatic heterocycles. The van der Waals surface area contributed by atoms with E-state index in [1.165, 1.54) is 12.3 Å². The van der Waals surface area contributed by atoms with Crippen molar-refractivity contribution in [3.05, 3.63) is 53.3 Å². The summed E-state index contributed by atoms with van der Waals surface area (Å²) >= 11 is 5.84. The molecule has 21 heavy (non-hydrogen) atoms. The molecule has 2 N–H and O–H groups in total. The molecule has 6 nitrogen and oxygen atoms in total. The van der Waals surface area contributed by atoms with Crippen molar-refractivity contribution in [2.75, 3.05) is 16.3 Å². The van der Waals surface area contributed by atoms with E-state index >= 15 is 0 Å². The molecular weight excluding hydrogens is 314 g/mol. The van der Waals surface area contributed by atoms with Crippen molar-refractivity contribution in [1.82, 2.24) is 4.98 Å². The van der Waals surface area contributed by atoms with E-state index in [0.29, 0.717) is 11.4 Å². The van der Waals surface area contributed by atoms with Gasteiger partial charge in [0.05, 0.1) is 17.5 Å². The number of pyridine rings is 1. The van der Waals surface area contributed by atoms with Gasteiger partial charge in [0, 0.05) is 11.9 Å². The van der Waals surface area contributed by atoms with Crippen LogP contribution in [0.2, 0.25) is 5.15 Å². The van der Waals surface area contributed by atoms with Crippen LogP contribution < -0.4 is 10.0 Å². The number of amides is 1. The molecule has 110 valence electrons. The average molecular weight is 326 g/mol. The maximum atomic E-state index is 12.1. The van der Waals surface area contributed by atoms with Crippen molar-refractivity contribution in [3.63, 3.8) is 0 Å². The number of aromatic nitrogens is 1. The molecule has 1 aromatic heterocycles. The average Bonchev–Trinajstić information content (AvgIpc) is 2.37. The van der Waals surface area contributed by atoms with Gasteiger partial charge in [0.1, 0.15) is 5.15 Å². The van der Waals surface area contributed by atoms with E-state index < -0.39 is 15.9 Å². The Hall–Kier alpha value is -2.12. The fourth-order valence-corrected chi connectivity index (χ4v) is 2.39. The number of hydrogen-bond donors (Lipinski definition) is 2. The maximum absolute atomic E-state index is 12.1. The summed E-state index contributed by atoms with van der Waals surface area (Å²) in [6.07, 6.45) is 2.53. The zero-order chi connectivity index (χ0) is 15.5. The highest BCUT2D eigenvalue weighted by molar-refractivity contribution is 7.92. The lowest BCUT2D eigenvalue weighted by molar-refractivity contribution is 0.102. The lowest BCUT2D eigenvalue weighted by atomic mass is 10.2. The van der Waals surface area contributed by atoms with Gasteiger partial charge in [0.15, 0.2) is 0 Å². The van der Waals surface area contributed by atoms with Crippen LogP contribution in [0.5, 0.6) is 0 Å². The number of nitrogens with zero attached hydrogens (tertiary/aromatic N) is 1. The van der Waals surface area contributed by atoms with Crippen LogP contribution in [0.3, 0.4) is 0 Å². The van der Waals surface area contributed by atoms with E-state index in [1.807, 2.05) is 0 Å². The first-order valence-electron chi connectivity index (χ1n) is 5.85. The van der Waals surface area contributed by atoms with Crippen molar-refractivity contribution in [3.8, 4) is 0 Å². The van der Waals surface area contributed by atoms with Crippen LogP contribution in [0.4, 0.5) is 11.4 Å². The van der Waals surface area contributed by atoms with Crippen molar-refractivity contribution < 1.29 is 13.2 Å². The van der Waals surface area contributed by atoms with Crippen LogP contribution in [0.15, 0.2) is 42.6 Å². The number of benzene rings is 1. The summed E-state index contributed by atoms with van der Waals surface area (Å²) in [4.78, 5) is 15.9. The minimum atomic E-state index is -3.38. The number of halogens is 1. The topological polar surface area (TPSA) is 88.2 Å². The molecule has 0 bridgehead atoms. The van der Waals surface area contributed by atoms with E-state index in [1.54, 1.807) is 30.3 Å². The molecule has 2 aromatic rings. The Morgan fingerprint density at radius 1 is 1.19 bits per heavy atom. The molecule has 0 fully saturated rings. The Balaban J connectivity index is 2.19. The second kappa shape index (κ2) is 6.11. The second-order valence-electron chi connectivity index (χ2n) is 4.25. The fourth-order valence-electron chi connectivity index (χ4n) is 1.63. The quantitative estimate of drug-likeness (QED) is 0.845. The Labute approximate surface area is 127 Å². The van der Waals surface area contributed by atoms with Gasteiger partial charge >= 0.3 is 0 Å². The highest BCUT2D eigenvalue weighted by Crippen LogP contribution is 2.18. The molecule has 1 heterocycles. The third-order valence-corrected chi connectivity index (χ3v) is 3.34. The SMILES string of the molecule is CS(=O)(=O)Nc1cccc(NC(=O)c2cccnc2Cl)c1. The Morgan fingerprint density at radius 2 is 1.90 bits per heavy atom. The van der Waals surface area contributed by atoms with Gasteiger partial charge in [-0.05, 0) is 30.3 Å². The molecule has 1 amide bonds. The minimum Gasteiger partial charge on any atom is -0.322 e. The zero-order valence-electron chi connectivity index (χ0n) is 11.0. The van der Waals surface area contributed by atoms with Gasteiger partial charge in [0.25, 0.3) is 5.91 Å². The van der Waals surface area contributed by atoms with E-state index in [0.717, 1.165) is 6.26 Å².